The first-order valence-corrected chi connectivity index (χ1v) is 16.1. The van der Waals surface area contributed by atoms with Crippen LogP contribution in [0.2, 0.25) is 0 Å². The summed E-state index contributed by atoms with van der Waals surface area (Å²) in [5.41, 5.74) is 0.646. The van der Waals surface area contributed by atoms with Gasteiger partial charge in [0.15, 0.2) is 12.2 Å². The molecule has 52 heavy (non-hydrogen) atoms. The van der Waals surface area contributed by atoms with E-state index in [-0.39, 0.29) is 17.9 Å². The van der Waals surface area contributed by atoms with Gasteiger partial charge >= 0.3 is 41.3 Å². The zero-order valence-corrected chi connectivity index (χ0v) is 29.3. The van der Waals surface area contributed by atoms with Crippen molar-refractivity contribution in [2.24, 2.45) is 0 Å². The van der Waals surface area contributed by atoms with Crippen LogP contribution in [-0.4, -0.2) is 78.6 Å². The lowest BCUT2D eigenvalue weighted by Gasteiger charge is -2.48. The maximum absolute atomic E-state index is 14.3. The molecule has 2 aromatic carbocycles. The molecule has 1 amide bonds. The number of carbonyl (C=O) groups excluding carboxylic acids is 6. The summed E-state index contributed by atoms with van der Waals surface area (Å²) in [5, 5.41) is 3.17. The Balaban J connectivity index is 1.93. The molecule has 1 N–H and O–H groups in total. The molecule has 278 valence electrons. The van der Waals surface area contributed by atoms with E-state index >= 15 is 0 Å². The molecule has 1 saturated heterocycles. The zero-order chi connectivity index (χ0) is 38.2. The predicted molar refractivity (Wildman–Crippen MR) is 177 cm³/mol. The van der Waals surface area contributed by atoms with Gasteiger partial charge in [0.25, 0.3) is 0 Å². The Morgan fingerprint density at radius 2 is 1.56 bits per heavy atom. The zero-order valence-electron chi connectivity index (χ0n) is 29.3. The van der Waals surface area contributed by atoms with Crippen molar-refractivity contribution < 1.29 is 66.3 Å². The Hall–Kier alpha value is -5.77. The predicted octanol–water partition coefficient (Wildman–Crippen LogP) is 2.57. The number of hydrogen-bond donors (Lipinski definition) is 1. The van der Waals surface area contributed by atoms with Crippen LogP contribution in [0, 0.1) is 6.92 Å². The minimum absolute atomic E-state index is 0.0725. The number of ether oxygens (including phenoxy) is 7. The van der Waals surface area contributed by atoms with E-state index in [4.69, 9.17) is 37.6 Å². The highest BCUT2D eigenvalue weighted by Gasteiger charge is 2.60. The topological polar surface area (TPSA) is 209 Å². The number of fused-ring (bicyclic) bond motifs is 1. The van der Waals surface area contributed by atoms with E-state index < -0.39 is 90.7 Å². The van der Waals surface area contributed by atoms with E-state index in [0.29, 0.717) is 16.5 Å². The number of carbonyl (C=O) groups is 6. The Morgan fingerprint density at radius 1 is 0.865 bits per heavy atom. The van der Waals surface area contributed by atoms with Crippen LogP contribution in [0.3, 0.4) is 0 Å². The molecule has 16 heteroatoms. The highest BCUT2D eigenvalue weighted by atomic mass is 16.7. The summed E-state index contributed by atoms with van der Waals surface area (Å²) in [7, 11) is 0. The smallest absolute Gasteiger partial charge is 0.380 e. The molecule has 1 aromatic heterocycles. The first-order chi connectivity index (χ1) is 24.6. The molecular formula is C36H39NO15. The summed E-state index contributed by atoms with van der Waals surface area (Å²) < 4.78 is 45.6. The second-order valence-electron chi connectivity index (χ2n) is 12.0. The summed E-state index contributed by atoms with van der Waals surface area (Å²) in [6, 6.07) is 12.9. The Morgan fingerprint density at radius 3 is 2.17 bits per heavy atom. The second-order valence-corrected chi connectivity index (χ2v) is 12.0. The molecule has 0 spiro atoms. The van der Waals surface area contributed by atoms with E-state index in [2.05, 4.69) is 5.32 Å². The van der Waals surface area contributed by atoms with E-state index in [9.17, 15) is 33.6 Å². The first-order valence-electron chi connectivity index (χ1n) is 16.1. The fraction of sp³-hybridized carbons (Fsp3) is 0.417. The minimum Gasteiger partial charge on any atom is -0.462 e. The van der Waals surface area contributed by atoms with E-state index in [1.54, 1.807) is 43.3 Å². The monoisotopic (exact) mass is 725 g/mol. The average Bonchev–Trinajstić information content (AvgIpc) is 3.05. The van der Waals surface area contributed by atoms with Crippen molar-refractivity contribution in [3.8, 4) is 5.75 Å². The fourth-order valence-corrected chi connectivity index (χ4v) is 5.74. The molecule has 2 heterocycles. The lowest BCUT2D eigenvalue weighted by molar-refractivity contribution is -0.291. The van der Waals surface area contributed by atoms with Crippen LogP contribution in [0.15, 0.2) is 63.8 Å². The number of rotatable bonds is 13. The summed E-state index contributed by atoms with van der Waals surface area (Å²) in [5.74, 6) is -7.84. The van der Waals surface area contributed by atoms with Gasteiger partial charge in [0, 0.05) is 52.1 Å². The van der Waals surface area contributed by atoms with Gasteiger partial charge in [0.05, 0.1) is 12.5 Å². The second kappa shape index (κ2) is 17.0. The molecule has 0 unspecified atom stereocenters. The molecule has 16 nitrogen and oxygen atoms in total. The van der Waals surface area contributed by atoms with Gasteiger partial charge in [-0.1, -0.05) is 30.3 Å². The third-order valence-corrected chi connectivity index (χ3v) is 7.73. The van der Waals surface area contributed by atoms with Crippen molar-refractivity contribution >= 4 is 46.7 Å². The van der Waals surface area contributed by atoms with E-state index in [0.717, 1.165) is 34.6 Å². The van der Waals surface area contributed by atoms with Crippen LogP contribution in [0.4, 0.5) is 0 Å². The van der Waals surface area contributed by atoms with Crippen molar-refractivity contribution in [1.29, 1.82) is 0 Å². The largest absolute Gasteiger partial charge is 0.462 e. The lowest BCUT2D eigenvalue weighted by atomic mass is 9.88. The summed E-state index contributed by atoms with van der Waals surface area (Å²) >= 11 is 0. The summed E-state index contributed by atoms with van der Waals surface area (Å²) in [6.07, 6.45) is -7.10. The number of hydrogen-bond acceptors (Lipinski definition) is 15. The number of esters is 5. The van der Waals surface area contributed by atoms with Crippen LogP contribution in [-0.2, 0) is 63.8 Å². The van der Waals surface area contributed by atoms with Gasteiger partial charge in [-0.05, 0) is 30.2 Å². The van der Waals surface area contributed by atoms with Crippen LogP contribution >= 0.6 is 0 Å². The minimum atomic E-state index is -2.55. The van der Waals surface area contributed by atoms with Gasteiger partial charge in [0.1, 0.15) is 36.8 Å². The Labute approximate surface area is 297 Å². The van der Waals surface area contributed by atoms with Crippen LogP contribution in [0.5, 0.6) is 5.75 Å². The molecule has 3 aromatic rings. The van der Waals surface area contributed by atoms with E-state index in [1.807, 2.05) is 0 Å². The number of nitrogens with one attached hydrogen (secondary N) is 1. The van der Waals surface area contributed by atoms with Crippen LogP contribution in [0.25, 0.3) is 11.0 Å². The van der Waals surface area contributed by atoms with Gasteiger partial charge in [-0.25, -0.2) is 9.59 Å². The normalized spacial score (nSPS) is 20.8. The van der Waals surface area contributed by atoms with Crippen molar-refractivity contribution in [1.82, 2.24) is 5.32 Å². The first kappa shape index (κ1) is 39.0. The quantitative estimate of drug-likeness (QED) is 0.153. The molecule has 1 aliphatic rings. The summed E-state index contributed by atoms with van der Waals surface area (Å²) in [4.78, 5) is 88.4. The summed E-state index contributed by atoms with van der Waals surface area (Å²) in [6.45, 7) is 6.19. The maximum Gasteiger partial charge on any atom is 0.380 e. The Bertz CT molecular complexity index is 1870. The van der Waals surface area contributed by atoms with Crippen molar-refractivity contribution in [2.75, 3.05) is 6.61 Å². The highest BCUT2D eigenvalue weighted by molar-refractivity contribution is 5.82. The van der Waals surface area contributed by atoms with Crippen molar-refractivity contribution in [2.45, 2.75) is 90.8 Å². The molecule has 0 aliphatic carbocycles. The Kier molecular flexibility index (Phi) is 12.7. The maximum atomic E-state index is 14.3. The number of benzene rings is 2. The standard InChI is InChI=1S/C36H39NO15/c1-19-14-31(43)50-28-15-26(12-13-27(19)28)51-36(35(44)46-17-25-10-8-7-9-11-25)16-29(47-22(4)40)32(37-20(2)38)34(52-36)33(49-24(6)42)30(48-23(5)41)18-45-21(3)39/h7-15,29-30,32-34H,16-18H2,1-6H3,(H,37,38)/t29-,30+,32+,33+,34+,36+/m0/s1. The van der Waals surface area contributed by atoms with Gasteiger partial charge in [-0.15, -0.1) is 0 Å². The third-order valence-electron chi connectivity index (χ3n) is 7.73. The molecule has 6 atom stereocenters. The van der Waals surface area contributed by atoms with Crippen molar-refractivity contribution in [3.05, 3.63) is 76.1 Å². The number of amides is 1. The van der Waals surface area contributed by atoms with Crippen LogP contribution < -0.4 is 15.7 Å². The average molecular weight is 726 g/mol. The molecule has 0 bridgehead atoms. The molecule has 1 aliphatic heterocycles. The molecule has 0 saturated carbocycles. The van der Waals surface area contributed by atoms with E-state index in [1.165, 1.54) is 18.2 Å². The van der Waals surface area contributed by atoms with Gasteiger partial charge in [-0.2, -0.15) is 0 Å². The number of aryl methyl sites for hydroxylation is 1. The SMILES string of the molecule is CC(=O)N[C@H]1[C@H]([C@H](OC(C)=O)[C@@H](COC(C)=O)OC(C)=O)O[C@@](Oc2ccc3c(C)cc(=O)oc3c2)(C(=O)OCc2ccccc2)C[C@@H]1OC(C)=O. The molecule has 4 rings (SSSR count). The third kappa shape index (κ3) is 10.2. The van der Waals surface area contributed by atoms with Crippen molar-refractivity contribution in [3.63, 3.8) is 0 Å². The lowest BCUT2D eigenvalue weighted by Crippen LogP contribution is -2.70. The van der Waals surface area contributed by atoms with Gasteiger partial charge in [0.2, 0.25) is 5.91 Å². The van der Waals surface area contributed by atoms with Gasteiger partial charge in [-0.3, -0.25) is 24.0 Å². The molecule has 1 fully saturated rings. The molecule has 0 radical (unpaired) electrons. The highest BCUT2D eigenvalue weighted by Crippen LogP contribution is 2.39. The molecular weight excluding hydrogens is 686 g/mol. The van der Waals surface area contributed by atoms with Gasteiger partial charge < -0.3 is 42.9 Å². The van der Waals surface area contributed by atoms with Crippen LogP contribution in [0.1, 0.15) is 52.2 Å². The fourth-order valence-electron chi connectivity index (χ4n) is 5.74.